The van der Waals surface area contributed by atoms with Gasteiger partial charge in [0.1, 0.15) is 5.75 Å². The highest BCUT2D eigenvalue weighted by molar-refractivity contribution is 7.89. The second-order valence-electron chi connectivity index (χ2n) is 6.88. The molecular formula is C19H30N2O4S. The molecule has 1 aromatic rings. The molecule has 0 saturated heterocycles. The van der Waals surface area contributed by atoms with Crippen LogP contribution in [0.3, 0.4) is 0 Å². The smallest absolute Gasteiger partial charge is 0.255 e. The molecule has 0 heterocycles. The lowest BCUT2D eigenvalue weighted by Crippen LogP contribution is -2.37. The van der Waals surface area contributed by atoms with Gasteiger partial charge in [-0.25, -0.2) is 8.42 Å². The van der Waals surface area contributed by atoms with E-state index in [-0.39, 0.29) is 22.4 Å². The minimum atomic E-state index is -3.62. The minimum absolute atomic E-state index is 0.115. The lowest BCUT2D eigenvalue weighted by molar-refractivity contribution is 0.0919. The summed E-state index contributed by atoms with van der Waals surface area (Å²) in [6, 6.07) is 4.60. The van der Waals surface area contributed by atoms with Crippen LogP contribution in [0.25, 0.3) is 0 Å². The first-order valence-corrected chi connectivity index (χ1v) is 10.8. The number of rotatable bonds is 7. The highest BCUT2D eigenvalue weighted by Crippen LogP contribution is 2.27. The second kappa shape index (κ2) is 8.86. The SMILES string of the molecule is CCN(CC)S(=O)(=O)c1ccc(OC)c(C(=O)NC2CCC(C)CC2)c1. The summed E-state index contributed by atoms with van der Waals surface area (Å²) < 4.78 is 32.2. The summed E-state index contributed by atoms with van der Waals surface area (Å²) in [4.78, 5) is 12.9. The zero-order valence-electron chi connectivity index (χ0n) is 16.1. The number of hydrogen-bond acceptors (Lipinski definition) is 4. The van der Waals surface area contributed by atoms with Crippen molar-refractivity contribution >= 4 is 15.9 Å². The van der Waals surface area contributed by atoms with Crippen LogP contribution in [0, 0.1) is 5.92 Å². The Kier molecular flexibility index (Phi) is 7.06. The standard InChI is InChI=1S/C19H30N2O4S/c1-5-21(6-2)26(23,24)16-11-12-18(25-4)17(13-16)19(22)20-15-9-7-14(3)8-10-15/h11-15H,5-10H2,1-4H3,(H,20,22). The van der Waals surface area contributed by atoms with Gasteiger partial charge >= 0.3 is 0 Å². The molecule has 1 saturated carbocycles. The van der Waals surface area contributed by atoms with Gasteiger partial charge in [0.2, 0.25) is 10.0 Å². The van der Waals surface area contributed by atoms with Crippen LogP contribution in [-0.2, 0) is 10.0 Å². The van der Waals surface area contributed by atoms with Gasteiger partial charge in [-0.3, -0.25) is 4.79 Å². The van der Waals surface area contributed by atoms with Crippen molar-refractivity contribution in [2.24, 2.45) is 5.92 Å². The number of nitrogens with one attached hydrogen (secondary N) is 1. The van der Waals surface area contributed by atoms with Gasteiger partial charge in [0.05, 0.1) is 17.6 Å². The van der Waals surface area contributed by atoms with Crippen LogP contribution in [0.4, 0.5) is 0 Å². The molecule has 6 nitrogen and oxygen atoms in total. The second-order valence-corrected chi connectivity index (χ2v) is 8.82. The molecule has 146 valence electrons. The molecule has 1 amide bonds. The number of hydrogen-bond donors (Lipinski definition) is 1. The Bertz CT molecular complexity index is 721. The Labute approximate surface area is 157 Å². The van der Waals surface area contributed by atoms with Crippen molar-refractivity contribution in [2.75, 3.05) is 20.2 Å². The van der Waals surface area contributed by atoms with Crippen molar-refractivity contribution in [3.05, 3.63) is 23.8 Å². The molecule has 0 spiro atoms. The third kappa shape index (κ3) is 4.57. The van der Waals surface area contributed by atoms with Gasteiger partial charge < -0.3 is 10.1 Å². The zero-order valence-corrected chi connectivity index (χ0v) is 16.9. The third-order valence-electron chi connectivity index (χ3n) is 5.11. The van der Waals surface area contributed by atoms with E-state index in [1.807, 2.05) is 0 Å². The van der Waals surface area contributed by atoms with E-state index in [1.54, 1.807) is 19.9 Å². The fourth-order valence-electron chi connectivity index (χ4n) is 3.41. The molecule has 0 unspecified atom stereocenters. The Morgan fingerprint density at radius 3 is 2.35 bits per heavy atom. The van der Waals surface area contributed by atoms with Gasteiger partial charge in [0.25, 0.3) is 5.91 Å². The molecule has 1 aliphatic carbocycles. The van der Waals surface area contributed by atoms with Crippen LogP contribution in [0.15, 0.2) is 23.1 Å². The number of amides is 1. The van der Waals surface area contributed by atoms with Gasteiger partial charge in [0.15, 0.2) is 0 Å². The number of methoxy groups -OCH3 is 1. The van der Waals surface area contributed by atoms with Crippen molar-refractivity contribution < 1.29 is 17.9 Å². The normalized spacial score (nSPS) is 20.8. The molecule has 0 bridgehead atoms. The summed E-state index contributed by atoms with van der Waals surface area (Å²) in [5.41, 5.74) is 0.263. The maximum atomic E-state index is 12.8. The van der Waals surface area contributed by atoms with Gasteiger partial charge in [-0.15, -0.1) is 0 Å². The first kappa shape index (κ1) is 20.7. The van der Waals surface area contributed by atoms with E-state index in [2.05, 4.69) is 12.2 Å². The van der Waals surface area contributed by atoms with Crippen molar-refractivity contribution in [3.8, 4) is 5.75 Å². The van der Waals surface area contributed by atoms with Crippen LogP contribution >= 0.6 is 0 Å². The molecule has 1 N–H and O–H groups in total. The summed E-state index contributed by atoms with van der Waals surface area (Å²) in [6.07, 6.45) is 4.09. The van der Waals surface area contributed by atoms with Crippen molar-refractivity contribution in [2.45, 2.75) is 57.4 Å². The molecule has 7 heteroatoms. The van der Waals surface area contributed by atoms with Crippen LogP contribution < -0.4 is 10.1 Å². The molecule has 1 aliphatic rings. The molecule has 0 aromatic heterocycles. The van der Waals surface area contributed by atoms with E-state index in [0.717, 1.165) is 25.7 Å². The maximum absolute atomic E-state index is 12.8. The number of nitrogens with zero attached hydrogens (tertiary/aromatic N) is 1. The Hall–Kier alpha value is -1.60. The summed E-state index contributed by atoms with van der Waals surface area (Å²) >= 11 is 0. The predicted molar refractivity (Wildman–Crippen MR) is 102 cm³/mol. The monoisotopic (exact) mass is 382 g/mol. The number of ether oxygens (including phenoxy) is 1. The number of sulfonamides is 1. The van der Waals surface area contributed by atoms with E-state index in [4.69, 9.17) is 4.74 Å². The molecular weight excluding hydrogens is 352 g/mol. The molecule has 1 fully saturated rings. The predicted octanol–water partition coefficient (Wildman–Crippen LogP) is 3.03. The number of carbonyl (C=O) groups is 1. The fourth-order valence-corrected chi connectivity index (χ4v) is 4.89. The summed E-state index contributed by atoms with van der Waals surface area (Å²) in [6.45, 7) is 6.58. The molecule has 26 heavy (non-hydrogen) atoms. The van der Waals surface area contributed by atoms with Crippen LogP contribution in [-0.4, -0.2) is 44.9 Å². The molecule has 1 aromatic carbocycles. The zero-order chi connectivity index (χ0) is 19.3. The molecule has 0 atom stereocenters. The quantitative estimate of drug-likeness (QED) is 0.786. The van der Waals surface area contributed by atoms with Crippen LogP contribution in [0.2, 0.25) is 0 Å². The summed E-state index contributed by atoms with van der Waals surface area (Å²) in [7, 11) is -2.15. The molecule has 0 radical (unpaired) electrons. The van der Waals surface area contributed by atoms with Gasteiger partial charge in [-0.05, 0) is 49.8 Å². The van der Waals surface area contributed by atoms with Crippen molar-refractivity contribution in [1.29, 1.82) is 0 Å². The van der Waals surface area contributed by atoms with E-state index in [9.17, 15) is 13.2 Å². The fraction of sp³-hybridized carbons (Fsp3) is 0.632. The summed E-state index contributed by atoms with van der Waals surface area (Å²) in [5, 5.41) is 3.04. The van der Waals surface area contributed by atoms with E-state index >= 15 is 0 Å². The highest BCUT2D eigenvalue weighted by Gasteiger charge is 2.26. The van der Waals surface area contributed by atoms with Crippen LogP contribution in [0.5, 0.6) is 5.75 Å². The number of carbonyl (C=O) groups excluding carboxylic acids is 1. The lowest BCUT2D eigenvalue weighted by atomic mass is 9.87. The lowest BCUT2D eigenvalue weighted by Gasteiger charge is -2.27. The first-order valence-electron chi connectivity index (χ1n) is 9.32. The minimum Gasteiger partial charge on any atom is -0.496 e. The Morgan fingerprint density at radius 1 is 1.19 bits per heavy atom. The Balaban J connectivity index is 2.28. The topological polar surface area (TPSA) is 75.7 Å². The Morgan fingerprint density at radius 2 is 1.81 bits per heavy atom. The van der Waals surface area contributed by atoms with E-state index < -0.39 is 10.0 Å². The number of benzene rings is 1. The average molecular weight is 383 g/mol. The van der Waals surface area contributed by atoms with E-state index in [1.165, 1.54) is 23.5 Å². The molecule has 2 rings (SSSR count). The highest BCUT2D eigenvalue weighted by atomic mass is 32.2. The van der Waals surface area contributed by atoms with Crippen molar-refractivity contribution in [1.82, 2.24) is 9.62 Å². The van der Waals surface area contributed by atoms with Gasteiger partial charge in [-0.1, -0.05) is 20.8 Å². The average Bonchev–Trinajstić information content (AvgIpc) is 2.63. The first-order chi connectivity index (χ1) is 12.3. The summed E-state index contributed by atoms with van der Waals surface area (Å²) in [5.74, 6) is 0.795. The maximum Gasteiger partial charge on any atom is 0.255 e. The molecule has 0 aliphatic heterocycles. The van der Waals surface area contributed by atoms with Gasteiger partial charge in [0, 0.05) is 19.1 Å². The largest absolute Gasteiger partial charge is 0.496 e. The van der Waals surface area contributed by atoms with Crippen LogP contribution in [0.1, 0.15) is 56.8 Å². The third-order valence-corrected chi connectivity index (χ3v) is 7.16. The van der Waals surface area contributed by atoms with Crippen molar-refractivity contribution in [3.63, 3.8) is 0 Å². The van der Waals surface area contributed by atoms with Gasteiger partial charge in [-0.2, -0.15) is 4.31 Å². The van der Waals surface area contributed by atoms with E-state index in [0.29, 0.717) is 24.8 Å².